The van der Waals surface area contributed by atoms with Crippen molar-refractivity contribution < 1.29 is 4.79 Å². The van der Waals surface area contributed by atoms with Gasteiger partial charge in [0.25, 0.3) is 0 Å². The van der Waals surface area contributed by atoms with E-state index in [0.29, 0.717) is 24.5 Å². The minimum absolute atomic E-state index is 0.0473. The first-order valence-corrected chi connectivity index (χ1v) is 10.2. The van der Waals surface area contributed by atoms with Crippen molar-refractivity contribution in [2.24, 2.45) is 0 Å². The van der Waals surface area contributed by atoms with Crippen molar-refractivity contribution in [2.75, 3.05) is 12.3 Å². The van der Waals surface area contributed by atoms with Crippen LogP contribution in [0.15, 0.2) is 22.9 Å². The highest BCUT2D eigenvalue weighted by Crippen LogP contribution is 2.33. The maximum atomic E-state index is 12.0. The molecule has 0 bridgehead atoms. The van der Waals surface area contributed by atoms with E-state index in [1.165, 1.54) is 11.3 Å². The highest BCUT2D eigenvalue weighted by atomic mass is 32.1. The van der Waals surface area contributed by atoms with Gasteiger partial charge in [0, 0.05) is 29.6 Å². The molecule has 0 fully saturated rings. The first-order chi connectivity index (χ1) is 11.6. The monoisotopic (exact) mass is 378 g/mol. The molecule has 8 heteroatoms. The molecule has 0 atom stereocenters. The maximum absolute atomic E-state index is 12.0. The Kier molecular flexibility index (Phi) is 5.60. The van der Waals surface area contributed by atoms with Crippen molar-refractivity contribution >= 4 is 45.0 Å². The van der Waals surface area contributed by atoms with Crippen molar-refractivity contribution in [1.29, 1.82) is 0 Å². The molecule has 3 aromatic heterocycles. The molecule has 3 aromatic rings. The van der Waals surface area contributed by atoms with Crippen LogP contribution in [0.2, 0.25) is 0 Å². The largest absolute Gasteiger partial charge is 0.375 e. The Morgan fingerprint density at radius 3 is 2.88 bits per heavy atom. The average molecular weight is 379 g/mol. The number of hydrogen-bond donors (Lipinski definition) is 2. The normalized spacial score (nSPS) is 10.9. The van der Waals surface area contributed by atoms with Gasteiger partial charge in [-0.25, -0.2) is 9.97 Å². The molecule has 1 amide bonds. The highest BCUT2D eigenvalue weighted by Gasteiger charge is 2.14. The second-order valence-corrected chi connectivity index (χ2v) is 8.38. The number of carbonyl (C=O) groups excluding carboxylic acids is 1. The van der Waals surface area contributed by atoms with E-state index in [1.54, 1.807) is 22.7 Å². The summed E-state index contributed by atoms with van der Waals surface area (Å²) in [5, 5.41) is 8.61. The summed E-state index contributed by atoms with van der Waals surface area (Å²) in [5.41, 5.74) is 7.79. The topological polar surface area (TPSA) is 80.9 Å². The molecule has 3 heterocycles. The lowest BCUT2D eigenvalue weighted by atomic mass is 10.2. The lowest BCUT2D eigenvalue weighted by Crippen LogP contribution is -2.25. The Morgan fingerprint density at radius 1 is 1.29 bits per heavy atom. The van der Waals surface area contributed by atoms with E-state index in [0.717, 1.165) is 32.6 Å². The van der Waals surface area contributed by atoms with Crippen molar-refractivity contribution in [1.82, 2.24) is 15.3 Å². The summed E-state index contributed by atoms with van der Waals surface area (Å²) in [6.45, 7) is 2.60. The average Bonchev–Trinajstić information content (AvgIpc) is 3.26. The Morgan fingerprint density at radius 2 is 2.17 bits per heavy atom. The van der Waals surface area contributed by atoms with Crippen molar-refractivity contribution in [3.63, 3.8) is 0 Å². The van der Waals surface area contributed by atoms with Gasteiger partial charge in [-0.05, 0) is 24.8 Å². The summed E-state index contributed by atoms with van der Waals surface area (Å²) in [6.07, 6.45) is 1.86. The summed E-state index contributed by atoms with van der Waals surface area (Å²) >= 11 is 4.73. The number of aryl methyl sites for hydroxylation is 2. The van der Waals surface area contributed by atoms with Gasteiger partial charge < -0.3 is 11.1 Å². The second kappa shape index (κ2) is 7.87. The molecule has 0 unspecified atom stereocenters. The third-order valence-corrected chi connectivity index (χ3v) is 6.06. The zero-order valence-electron chi connectivity index (χ0n) is 13.2. The summed E-state index contributed by atoms with van der Waals surface area (Å²) in [5.74, 6) is 0.0473. The summed E-state index contributed by atoms with van der Waals surface area (Å²) in [7, 11) is 0. The number of anilines is 1. The van der Waals surface area contributed by atoms with Crippen LogP contribution in [0.3, 0.4) is 0 Å². The zero-order chi connectivity index (χ0) is 16.9. The van der Waals surface area contributed by atoms with Crippen molar-refractivity contribution in [3.8, 4) is 10.6 Å². The van der Waals surface area contributed by atoms with Gasteiger partial charge in [-0.2, -0.15) is 0 Å². The van der Waals surface area contributed by atoms with Crippen LogP contribution in [-0.2, 0) is 17.6 Å². The number of nitrogens with zero attached hydrogens (tertiary/aromatic N) is 2. The molecule has 126 valence electrons. The molecule has 3 rings (SSSR count). The molecule has 0 spiro atoms. The molecule has 0 aromatic carbocycles. The minimum Gasteiger partial charge on any atom is -0.375 e. The fourth-order valence-electron chi connectivity index (χ4n) is 2.31. The van der Waals surface area contributed by atoms with E-state index in [2.05, 4.69) is 15.3 Å². The fraction of sp³-hybridized carbons (Fsp3) is 0.312. The molecule has 0 aliphatic heterocycles. The second-order valence-electron chi connectivity index (χ2n) is 5.26. The van der Waals surface area contributed by atoms with E-state index in [9.17, 15) is 4.79 Å². The van der Waals surface area contributed by atoms with E-state index >= 15 is 0 Å². The number of thiophene rings is 1. The smallest absolute Gasteiger partial charge is 0.220 e. The number of aromatic nitrogens is 2. The number of nitrogen functional groups attached to an aromatic ring is 1. The Bertz CT molecular complexity index is 807. The van der Waals surface area contributed by atoms with Crippen LogP contribution in [0.25, 0.3) is 10.6 Å². The summed E-state index contributed by atoms with van der Waals surface area (Å²) in [4.78, 5) is 23.0. The summed E-state index contributed by atoms with van der Waals surface area (Å²) < 4.78 is 0. The molecule has 0 radical (unpaired) electrons. The molecular weight excluding hydrogens is 360 g/mol. The summed E-state index contributed by atoms with van der Waals surface area (Å²) in [6, 6.07) is 4.02. The Hall–Kier alpha value is -1.77. The number of nitrogens with one attached hydrogen (secondary N) is 1. The third-order valence-electron chi connectivity index (χ3n) is 3.42. The molecule has 0 saturated heterocycles. The van der Waals surface area contributed by atoms with E-state index < -0.39 is 0 Å². The number of hydrogen-bond acceptors (Lipinski definition) is 7. The van der Waals surface area contributed by atoms with Crippen LogP contribution < -0.4 is 11.1 Å². The first-order valence-electron chi connectivity index (χ1n) is 7.58. The number of nitrogens with two attached hydrogens (primary N) is 1. The number of thiazole rings is 2. The van der Waals surface area contributed by atoms with Gasteiger partial charge in [-0.15, -0.1) is 34.0 Å². The molecule has 0 aliphatic rings. The maximum Gasteiger partial charge on any atom is 0.220 e. The van der Waals surface area contributed by atoms with Crippen LogP contribution >= 0.6 is 34.0 Å². The van der Waals surface area contributed by atoms with Crippen molar-refractivity contribution in [2.45, 2.75) is 26.2 Å². The fourth-order valence-corrected chi connectivity index (χ4v) is 4.61. The standard InChI is InChI=1S/C16H18N4OS3/c1-10-19-11(9-23-10)6-7-18-14(21)5-4-13-15(20-16(17)24-13)12-3-2-8-22-12/h2-3,8-9H,4-7H2,1H3,(H2,17,20)(H,18,21). The number of carbonyl (C=O) groups is 1. The van der Waals surface area contributed by atoms with E-state index in [4.69, 9.17) is 5.73 Å². The van der Waals surface area contributed by atoms with Crippen molar-refractivity contribution in [3.05, 3.63) is 38.5 Å². The molecular formula is C16H18N4OS3. The van der Waals surface area contributed by atoms with Gasteiger partial charge in [0.05, 0.1) is 21.3 Å². The van der Waals surface area contributed by atoms with Gasteiger partial charge in [-0.1, -0.05) is 6.07 Å². The SMILES string of the molecule is Cc1nc(CCNC(=O)CCc2sc(N)nc2-c2cccs2)cs1. The predicted molar refractivity (Wildman–Crippen MR) is 102 cm³/mol. The molecule has 5 nitrogen and oxygen atoms in total. The molecule has 3 N–H and O–H groups in total. The number of rotatable bonds is 7. The van der Waals surface area contributed by atoms with Gasteiger partial charge >= 0.3 is 0 Å². The van der Waals surface area contributed by atoms with Crippen LogP contribution in [-0.4, -0.2) is 22.4 Å². The van der Waals surface area contributed by atoms with Crippen LogP contribution in [0, 0.1) is 6.92 Å². The minimum atomic E-state index is 0.0473. The van der Waals surface area contributed by atoms with Gasteiger partial charge in [-0.3, -0.25) is 4.79 Å². The zero-order valence-corrected chi connectivity index (χ0v) is 15.7. The predicted octanol–water partition coefficient (Wildman–Crippen LogP) is 3.51. The van der Waals surface area contributed by atoms with Gasteiger partial charge in [0.1, 0.15) is 0 Å². The highest BCUT2D eigenvalue weighted by molar-refractivity contribution is 7.17. The molecule has 0 saturated carbocycles. The van der Waals surface area contributed by atoms with Gasteiger partial charge in [0.2, 0.25) is 5.91 Å². The lowest BCUT2D eigenvalue weighted by Gasteiger charge is -2.04. The van der Waals surface area contributed by atoms with Crippen LogP contribution in [0.5, 0.6) is 0 Å². The van der Waals surface area contributed by atoms with Crippen LogP contribution in [0.1, 0.15) is 22.0 Å². The lowest BCUT2D eigenvalue weighted by molar-refractivity contribution is -0.121. The van der Waals surface area contributed by atoms with Gasteiger partial charge in [0.15, 0.2) is 5.13 Å². The van der Waals surface area contributed by atoms with E-state index in [-0.39, 0.29) is 5.91 Å². The molecule has 0 aliphatic carbocycles. The first kappa shape index (κ1) is 17.1. The number of amides is 1. The quantitative estimate of drug-likeness (QED) is 0.659. The Labute approximate surface area is 152 Å². The Balaban J connectivity index is 1.50. The van der Waals surface area contributed by atoms with Crippen LogP contribution in [0.4, 0.5) is 5.13 Å². The third kappa shape index (κ3) is 4.40. The van der Waals surface area contributed by atoms with E-state index in [1.807, 2.05) is 29.8 Å². The molecule has 24 heavy (non-hydrogen) atoms.